The van der Waals surface area contributed by atoms with Gasteiger partial charge in [0.1, 0.15) is 11.2 Å². The second-order valence-electron chi connectivity index (χ2n) is 3.81. The molecule has 0 unspecified atom stereocenters. The Bertz CT molecular complexity index is 782. The van der Waals surface area contributed by atoms with Crippen LogP contribution in [0, 0.1) is 0 Å². The van der Waals surface area contributed by atoms with Crippen molar-refractivity contribution in [2.24, 2.45) is 0 Å². The molecule has 94 valence electrons. The number of carboxylic acids is 1. The Labute approximate surface area is 116 Å². The van der Waals surface area contributed by atoms with E-state index in [-0.39, 0.29) is 11.5 Å². The van der Waals surface area contributed by atoms with Crippen LogP contribution in [0.25, 0.3) is 22.7 Å². The Hall–Kier alpha value is -2.21. The maximum absolute atomic E-state index is 11.1. The molecule has 1 aromatic carbocycles. The Kier molecular flexibility index (Phi) is 2.79. The van der Waals surface area contributed by atoms with Crippen LogP contribution in [-0.2, 0) is 0 Å². The highest BCUT2D eigenvalue weighted by Gasteiger charge is 2.17. The summed E-state index contributed by atoms with van der Waals surface area (Å²) in [5.41, 5.74) is 1.39. The molecule has 0 saturated heterocycles. The molecule has 0 spiro atoms. The summed E-state index contributed by atoms with van der Waals surface area (Å²) in [5, 5.41) is 9.11. The number of benzene rings is 1. The third-order valence-corrected chi connectivity index (χ3v) is 3.25. The van der Waals surface area contributed by atoms with Gasteiger partial charge in [-0.15, -0.1) is 0 Å². The van der Waals surface area contributed by atoms with E-state index in [1.54, 1.807) is 24.4 Å². The lowest BCUT2D eigenvalue weighted by molar-refractivity contribution is 0.0699. The molecule has 0 aliphatic rings. The van der Waals surface area contributed by atoms with Crippen molar-refractivity contribution >= 4 is 33.0 Å². The number of pyridine rings is 1. The minimum Gasteiger partial charge on any atom is -0.478 e. The molecule has 6 heteroatoms. The quantitative estimate of drug-likeness (QED) is 0.784. The first-order valence-electron chi connectivity index (χ1n) is 5.40. The monoisotopic (exact) mass is 318 g/mol. The fraction of sp³-hybridized carbons (Fsp3) is 0. The minimum atomic E-state index is -1.04. The largest absolute Gasteiger partial charge is 0.478 e. The average Bonchev–Trinajstić information content (AvgIpc) is 2.82. The van der Waals surface area contributed by atoms with Crippen LogP contribution < -0.4 is 0 Å². The first kappa shape index (κ1) is 11.9. The van der Waals surface area contributed by atoms with Gasteiger partial charge in [-0.3, -0.25) is 0 Å². The average molecular weight is 319 g/mol. The molecule has 0 amide bonds. The standard InChI is InChI=1S/C13H7BrN2O3/c14-8-4-2-6-15-11(8)12-16-10-7(13(17)18)3-1-5-9(10)19-12/h1-6H,(H,17,18). The Balaban J connectivity index is 2.26. The van der Waals surface area contributed by atoms with Gasteiger partial charge in [0.15, 0.2) is 5.58 Å². The number of aromatic nitrogens is 2. The maximum Gasteiger partial charge on any atom is 0.338 e. The molecule has 0 aliphatic heterocycles. The van der Waals surface area contributed by atoms with Gasteiger partial charge in [0, 0.05) is 10.7 Å². The second-order valence-corrected chi connectivity index (χ2v) is 4.66. The molecule has 0 aliphatic carbocycles. The molecule has 0 bridgehead atoms. The normalized spacial score (nSPS) is 10.8. The predicted octanol–water partition coefficient (Wildman–Crippen LogP) is 3.35. The lowest BCUT2D eigenvalue weighted by Crippen LogP contribution is -1.96. The number of oxazole rings is 1. The van der Waals surface area contributed by atoms with Crippen LogP contribution in [0.5, 0.6) is 0 Å². The number of aromatic carboxylic acids is 1. The van der Waals surface area contributed by atoms with Gasteiger partial charge < -0.3 is 9.52 Å². The Morgan fingerprint density at radius 1 is 1.26 bits per heavy atom. The van der Waals surface area contributed by atoms with E-state index in [2.05, 4.69) is 25.9 Å². The molecule has 5 nitrogen and oxygen atoms in total. The molecule has 0 saturated carbocycles. The van der Waals surface area contributed by atoms with Gasteiger partial charge in [0.05, 0.1) is 5.56 Å². The highest BCUT2D eigenvalue weighted by Crippen LogP contribution is 2.29. The number of fused-ring (bicyclic) bond motifs is 1. The molecule has 3 aromatic rings. The van der Waals surface area contributed by atoms with Gasteiger partial charge in [-0.05, 0) is 40.2 Å². The summed E-state index contributed by atoms with van der Waals surface area (Å²) in [4.78, 5) is 19.5. The van der Waals surface area contributed by atoms with E-state index in [0.717, 1.165) is 4.47 Å². The number of nitrogens with zero attached hydrogens (tertiary/aromatic N) is 2. The zero-order chi connectivity index (χ0) is 13.4. The molecule has 3 rings (SSSR count). The van der Waals surface area contributed by atoms with Crippen molar-refractivity contribution < 1.29 is 14.3 Å². The van der Waals surface area contributed by atoms with E-state index in [0.29, 0.717) is 16.8 Å². The van der Waals surface area contributed by atoms with Gasteiger partial charge >= 0.3 is 5.97 Å². The number of halogens is 1. The van der Waals surface area contributed by atoms with Crippen LogP contribution in [0.3, 0.4) is 0 Å². The summed E-state index contributed by atoms with van der Waals surface area (Å²) in [6, 6.07) is 8.38. The number of hydrogen-bond donors (Lipinski definition) is 1. The van der Waals surface area contributed by atoms with Crippen LogP contribution in [-0.4, -0.2) is 21.0 Å². The third-order valence-electron chi connectivity index (χ3n) is 2.61. The number of carbonyl (C=O) groups is 1. The molecular formula is C13H7BrN2O3. The van der Waals surface area contributed by atoms with Gasteiger partial charge in [-0.1, -0.05) is 6.07 Å². The van der Waals surface area contributed by atoms with E-state index in [4.69, 9.17) is 9.52 Å². The molecule has 0 atom stereocenters. The lowest BCUT2D eigenvalue weighted by Gasteiger charge is -1.95. The fourth-order valence-electron chi connectivity index (χ4n) is 1.77. The molecule has 2 aromatic heterocycles. The van der Waals surface area contributed by atoms with Crippen molar-refractivity contribution in [3.8, 4) is 11.6 Å². The summed E-state index contributed by atoms with van der Waals surface area (Å²) >= 11 is 3.36. The lowest BCUT2D eigenvalue weighted by atomic mass is 10.2. The second kappa shape index (κ2) is 4.47. The summed E-state index contributed by atoms with van der Waals surface area (Å²) in [6.07, 6.45) is 1.62. The van der Waals surface area contributed by atoms with Gasteiger partial charge in [-0.25, -0.2) is 14.8 Å². The van der Waals surface area contributed by atoms with Gasteiger partial charge in [0.2, 0.25) is 5.89 Å². The topological polar surface area (TPSA) is 76.2 Å². The van der Waals surface area contributed by atoms with E-state index >= 15 is 0 Å². The number of para-hydroxylation sites is 1. The van der Waals surface area contributed by atoms with Crippen molar-refractivity contribution in [2.75, 3.05) is 0 Å². The Morgan fingerprint density at radius 3 is 2.84 bits per heavy atom. The molecule has 19 heavy (non-hydrogen) atoms. The molecule has 0 radical (unpaired) electrons. The molecule has 2 heterocycles. The fourth-order valence-corrected chi connectivity index (χ4v) is 2.19. The first-order valence-corrected chi connectivity index (χ1v) is 6.20. The number of carboxylic acid groups (broad SMARTS) is 1. The van der Waals surface area contributed by atoms with E-state index < -0.39 is 5.97 Å². The predicted molar refractivity (Wildman–Crippen MR) is 71.9 cm³/mol. The molecule has 0 fully saturated rings. The van der Waals surface area contributed by atoms with Crippen molar-refractivity contribution in [1.82, 2.24) is 9.97 Å². The Morgan fingerprint density at radius 2 is 2.11 bits per heavy atom. The number of rotatable bonds is 2. The molecule has 1 N–H and O–H groups in total. The van der Waals surface area contributed by atoms with Crippen molar-refractivity contribution in [1.29, 1.82) is 0 Å². The zero-order valence-electron chi connectivity index (χ0n) is 9.50. The summed E-state index contributed by atoms with van der Waals surface area (Å²) < 4.78 is 6.29. The summed E-state index contributed by atoms with van der Waals surface area (Å²) in [7, 11) is 0. The van der Waals surface area contributed by atoms with E-state index in [1.165, 1.54) is 6.07 Å². The first-order chi connectivity index (χ1) is 9.16. The smallest absolute Gasteiger partial charge is 0.338 e. The van der Waals surface area contributed by atoms with Crippen LogP contribution >= 0.6 is 15.9 Å². The van der Waals surface area contributed by atoms with Crippen LogP contribution in [0.1, 0.15) is 10.4 Å². The van der Waals surface area contributed by atoms with Crippen molar-refractivity contribution in [3.63, 3.8) is 0 Å². The zero-order valence-corrected chi connectivity index (χ0v) is 11.1. The van der Waals surface area contributed by atoms with Crippen LogP contribution in [0.2, 0.25) is 0 Å². The van der Waals surface area contributed by atoms with E-state index in [1.807, 2.05) is 6.07 Å². The number of hydrogen-bond acceptors (Lipinski definition) is 4. The van der Waals surface area contributed by atoms with E-state index in [9.17, 15) is 4.79 Å². The minimum absolute atomic E-state index is 0.111. The third kappa shape index (κ3) is 2.00. The molecular weight excluding hydrogens is 312 g/mol. The SMILES string of the molecule is O=C(O)c1cccc2oc(-c3ncccc3Br)nc12. The highest BCUT2D eigenvalue weighted by atomic mass is 79.9. The van der Waals surface area contributed by atoms with Crippen LogP contribution in [0.15, 0.2) is 45.4 Å². The van der Waals surface area contributed by atoms with Gasteiger partial charge in [-0.2, -0.15) is 0 Å². The van der Waals surface area contributed by atoms with Gasteiger partial charge in [0.25, 0.3) is 0 Å². The maximum atomic E-state index is 11.1. The highest BCUT2D eigenvalue weighted by molar-refractivity contribution is 9.10. The summed E-state index contributed by atoms with van der Waals surface area (Å²) in [5.74, 6) is -0.748. The van der Waals surface area contributed by atoms with Crippen LogP contribution in [0.4, 0.5) is 0 Å². The summed E-state index contributed by atoms with van der Waals surface area (Å²) in [6.45, 7) is 0. The van der Waals surface area contributed by atoms with Crippen molar-refractivity contribution in [3.05, 3.63) is 46.6 Å². The van der Waals surface area contributed by atoms with Crippen molar-refractivity contribution in [2.45, 2.75) is 0 Å².